The SMILES string of the molecule is COc1cccc(OC)c1S(=O)(=O)N(C)CCC(=O)O. The van der Waals surface area contributed by atoms with E-state index in [1.807, 2.05) is 0 Å². The number of hydrogen-bond acceptors (Lipinski definition) is 5. The van der Waals surface area contributed by atoms with Gasteiger partial charge >= 0.3 is 5.97 Å². The Bertz CT molecular complexity index is 561. The Kier molecular flexibility index (Phi) is 5.34. The van der Waals surface area contributed by atoms with E-state index in [-0.39, 0.29) is 29.4 Å². The molecule has 0 aliphatic rings. The van der Waals surface area contributed by atoms with Gasteiger partial charge in [0.15, 0.2) is 4.90 Å². The van der Waals surface area contributed by atoms with Gasteiger partial charge in [-0.3, -0.25) is 4.79 Å². The minimum atomic E-state index is -3.90. The van der Waals surface area contributed by atoms with Gasteiger partial charge in [0, 0.05) is 13.6 Å². The fraction of sp³-hybridized carbons (Fsp3) is 0.417. The molecule has 112 valence electrons. The average Bonchev–Trinajstić information content (AvgIpc) is 2.43. The molecule has 0 aromatic heterocycles. The summed E-state index contributed by atoms with van der Waals surface area (Å²) in [5, 5.41) is 8.63. The smallest absolute Gasteiger partial charge is 0.304 e. The van der Waals surface area contributed by atoms with Crippen LogP contribution in [-0.4, -0.2) is 51.6 Å². The van der Waals surface area contributed by atoms with E-state index in [1.165, 1.54) is 33.4 Å². The average molecular weight is 303 g/mol. The van der Waals surface area contributed by atoms with E-state index >= 15 is 0 Å². The third-order valence-electron chi connectivity index (χ3n) is 2.69. The lowest BCUT2D eigenvalue weighted by Gasteiger charge is -2.19. The number of rotatable bonds is 7. The summed E-state index contributed by atoms with van der Waals surface area (Å²) < 4.78 is 36.0. The number of carboxylic acid groups (broad SMARTS) is 1. The molecule has 0 atom stereocenters. The highest BCUT2D eigenvalue weighted by atomic mass is 32.2. The monoisotopic (exact) mass is 303 g/mol. The van der Waals surface area contributed by atoms with Gasteiger partial charge in [0.1, 0.15) is 11.5 Å². The lowest BCUT2D eigenvalue weighted by atomic mass is 10.3. The van der Waals surface area contributed by atoms with Crippen molar-refractivity contribution in [3.8, 4) is 11.5 Å². The number of benzene rings is 1. The highest BCUT2D eigenvalue weighted by Crippen LogP contribution is 2.34. The van der Waals surface area contributed by atoms with Crippen LogP contribution in [0.3, 0.4) is 0 Å². The second-order valence-corrected chi connectivity index (χ2v) is 5.94. The number of sulfonamides is 1. The molecule has 0 amide bonds. The number of hydrogen-bond donors (Lipinski definition) is 1. The van der Waals surface area contributed by atoms with E-state index in [1.54, 1.807) is 6.07 Å². The summed E-state index contributed by atoms with van der Waals surface area (Å²) in [5.74, 6) is -0.780. The number of ether oxygens (including phenoxy) is 2. The van der Waals surface area contributed by atoms with Gasteiger partial charge in [-0.05, 0) is 12.1 Å². The van der Waals surface area contributed by atoms with Gasteiger partial charge in [0.2, 0.25) is 10.0 Å². The first-order chi connectivity index (χ1) is 9.34. The molecule has 20 heavy (non-hydrogen) atoms. The molecule has 0 aliphatic heterocycles. The van der Waals surface area contributed by atoms with Crippen LogP contribution in [-0.2, 0) is 14.8 Å². The molecule has 0 aliphatic carbocycles. The maximum absolute atomic E-state index is 12.5. The summed E-state index contributed by atoms with van der Waals surface area (Å²) in [4.78, 5) is 10.4. The quantitative estimate of drug-likeness (QED) is 0.801. The van der Waals surface area contributed by atoms with Gasteiger partial charge < -0.3 is 14.6 Å². The van der Waals surface area contributed by atoms with E-state index in [0.717, 1.165) is 4.31 Å². The van der Waals surface area contributed by atoms with Crippen molar-refractivity contribution in [1.29, 1.82) is 0 Å². The van der Waals surface area contributed by atoms with Gasteiger partial charge in [0.25, 0.3) is 0 Å². The van der Waals surface area contributed by atoms with E-state index in [0.29, 0.717) is 0 Å². The zero-order valence-corrected chi connectivity index (χ0v) is 12.3. The highest BCUT2D eigenvalue weighted by molar-refractivity contribution is 7.89. The highest BCUT2D eigenvalue weighted by Gasteiger charge is 2.29. The molecule has 1 aromatic rings. The first-order valence-corrected chi connectivity index (χ1v) is 7.17. The summed E-state index contributed by atoms with van der Waals surface area (Å²) >= 11 is 0. The number of aliphatic carboxylic acids is 1. The van der Waals surface area contributed by atoms with Gasteiger partial charge in [0.05, 0.1) is 20.6 Å². The molecule has 1 rings (SSSR count). The summed E-state index contributed by atoms with van der Waals surface area (Å²) in [6.07, 6.45) is -0.285. The zero-order chi connectivity index (χ0) is 15.3. The molecule has 0 fully saturated rings. The largest absolute Gasteiger partial charge is 0.495 e. The van der Waals surface area contributed by atoms with Crippen LogP contribution in [0.25, 0.3) is 0 Å². The fourth-order valence-electron chi connectivity index (χ4n) is 1.60. The molecule has 8 heteroatoms. The Hall–Kier alpha value is -1.80. The first kappa shape index (κ1) is 16.3. The van der Waals surface area contributed by atoms with E-state index < -0.39 is 16.0 Å². The number of carboxylic acids is 1. The molecule has 7 nitrogen and oxygen atoms in total. The Morgan fingerprint density at radius 1 is 1.25 bits per heavy atom. The van der Waals surface area contributed by atoms with Crippen molar-refractivity contribution in [3.05, 3.63) is 18.2 Å². The van der Waals surface area contributed by atoms with Crippen molar-refractivity contribution in [2.24, 2.45) is 0 Å². The summed E-state index contributed by atoms with van der Waals surface area (Å²) in [5.41, 5.74) is 0. The molecule has 0 saturated heterocycles. The van der Waals surface area contributed by atoms with Crippen molar-refractivity contribution in [2.45, 2.75) is 11.3 Å². The van der Waals surface area contributed by atoms with Crippen LogP contribution in [0.4, 0.5) is 0 Å². The lowest BCUT2D eigenvalue weighted by molar-refractivity contribution is -0.137. The van der Waals surface area contributed by atoms with Crippen molar-refractivity contribution in [2.75, 3.05) is 27.8 Å². The molecule has 0 saturated carbocycles. The molecule has 0 spiro atoms. The van der Waals surface area contributed by atoms with Crippen LogP contribution in [0.1, 0.15) is 6.42 Å². The maximum Gasteiger partial charge on any atom is 0.304 e. The van der Waals surface area contributed by atoms with Crippen LogP contribution in [0, 0.1) is 0 Å². The molecule has 0 bridgehead atoms. The van der Waals surface area contributed by atoms with Gasteiger partial charge in [-0.15, -0.1) is 0 Å². The maximum atomic E-state index is 12.5. The van der Waals surface area contributed by atoms with Crippen LogP contribution in [0.15, 0.2) is 23.1 Å². The predicted octanol–water partition coefficient (Wildman–Crippen LogP) is 0.799. The molecule has 0 radical (unpaired) electrons. The summed E-state index contributed by atoms with van der Waals surface area (Å²) in [6, 6.07) is 4.61. The third kappa shape index (κ3) is 3.40. The molecule has 0 unspecified atom stereocenters. The van der Waals surface area contributed by atoms with Gasteiger partial charge in [-0.25, -0.2) is 12.7 Å². The molecule has 1 aromatic carbocycles. The Labute approximate surface area is 117 Å². The van der Waals surface area contributed by atoms with Gasteiger partial charge in [-0.2, -0.15) is 0 Å². The second-order valence-electron chi connectivity index (χ2n) is 3.96. The minimum Gasteiger partial charge on any atom is -0.495 e. The van der Waals surface area contributed by atoms with Crippen LogP contribution < -0.4 is 9.47 Å². The Morgan fingerprint density at radius 3 is 2.15 bits per heavy atom. The number of methoxy groups -OCH3 is 2. The summed E-state index contributed by atoms with van der Waals surface area (Å²) in [7, 11) is 0.114. The number of carbonyl (C=O) groups is 1. The van der Waals surface area contributed by atoms with Crippen LogP contribution >= 0.6 is 0 Å². The lowest BCUT2D eigenvalue weighted by Crippen LogP contribution is -2.29. The molecule has 0 heterocycles. The van der Waals surface area contributed by atoms with Crippen molar-refractivity contribution in [1.82, 2.24) is 4.31 Å². The fourth-order valence-corrected chi connectivity index (χ4v) is 3.06. The predicted molar refractivity (Wildman–Crippen MR) is 71.6 cm³/mol. The molecule has 1 N–H and O–H groups in total. The standard InChI is InChI=1S/C12H17NO6S/c1-13(8-7-11(14)15)20(16,17)12-9(18-2)5-4-6-10(12)19-3/h4-6H,7-8H2,1-3H3,(H,14,15). The van der Waals surface area contributed by atoms with Crippen molar-refractivity contribution in [3.63, 3.8) is 0 Å². The Morgan fingerprint density at radius 2 is 1.75 bits per heavy atom. The topological polar surface area (TPSA) is 93.1 Å². The number of nitrogens with zero attached hydrogens (tertiary/aromatic N) is 1. The normalized spacial score (nSPS) is 11.4. The molecular weight excluding hydrogens is 286 g/mol. The van der Waals surface area contributed by atoms with Crippen LogP contribution in [0.2, 0.25) is 0 Å². The van der Waals surface area contributed by atoms with E-state index in [2.05, 4.69) is 0 Å². The zero-order valence-electron chi connectivity index (χ0n) is 11.5. The minimum absolute atomic E-state index is 0.113. The van der Waals surface area contributed by atoms with E-state index in [4.69, 9.17) is 14.6 Å². The first-order valence-electron chi connectivity index (χ1n) is 5.73. The van der Waals surface area contributed by atoms with Gasteiger partial charge in [-0.1, -0.05) is 6.07 Å². The third-order valence-corrected chi connectivity index (χ3v) is 4.61. The Balaban J connectivity index is 3.23. The van der Waals surface area contributed by atoms with E-state index in [9.17, 15) is 13.2 Å². The van der Waals surface area contributed by atoms with Crippen LogP contribution in [0.5, 0.6) is 11.5 Å². The second kappa shape index (κ2) is 6.58. The van der Waals surface area contributed by atoms with Crippen molar-refractivity contribution < 1.29 is 27.8 Å². The molecular formula is C12H17NO6S. The summed E-state index contributed by atoms with van der Waals surface area (Å²) in [6.45, 7) is -0.140. The van der Waals surface area contributed by atoms with Crippen molar-refractivity contribution >= 4 is 16.0 Å².